The van der Waals surface area contributed by atoms with Crippen LogP contribution >= 0.6 is 0 Å². The van der Waals surface area contributed by atoms with Gasteiger partial charge in [-0.2, -0.15) is 0 Å². The Labute approximate surface area is 91.6 Å². The fraction of sp³-hybridized carbons (Fsp3) is 1.00. The summed E-state index contributed by atoms with van der Waals surface area (Å²) in [7, 11) is -3.05. The van der Waals surface area contributed by atoms with E-state index in [0.717, 1.165) is 25.6 Å². The Morgan fingerprint density at radius 1 is 1.33 bits per heavy atom. The van der Waals surface area contributed by atoms with Crippen LogP contribution in [0.1, 0.15) is 19.8 Å². The first-order valence-electron chi connectivity index (χ1n) is 5.28. The molecule has 2 atom stereocenters. The second kappa shape index (κ2) is 5.79. The van der Waals surface area contributed by atoms with Crippen molar-refractivity contribution in [2.45, 2.75) is 32.0 Å². The number of sulfonamides is 1. The molecule has 2 N–H and O–H groups in total. The SMILES string of the molecule is CC1CCC(CNCCNS(C)(=O)=O)O1. The first-order valence-corrected chi connectivity index (χ1v) is 7.17. The maximum atomic E-state index is 10.7. The molecule has 1 rings (SSSR count). The monoisotopic (exact) mass is 236 g/mol. The zero-order chi connectivity index (χ0) is 11.3. The largest absolute Gasteiger partial charge is 0.374 e. The lowest BCUT2D eigenvalue weighted by Gasteiger charge is -2.12. The van der Waals surface area contributed by atoms with Crippen molar-refractivity contribution in [2.24, 2.45) is 0 Å². The molecule has 1 aliphatic heterocycles. The Morgan fingerprint density at radius 3 is 2.60 bits per heavy atom. The molecule has 0 aromatic heterocycles. The van der Waals surface area contributed by atoms with Crippen LogP contribution in [0.2, 0.25) is 0 Å². The standard InChI is InChI=1S/C9H20N2O3S/c1-8-3-4-9(14-8)7-10-5-6-11-15(2,12)13/h8-11H,3-7H2,1-2H3. The predicted octanol–water partition coefficient (Wildman–Crippen LogP) is -0.307. The molecule has 15 heavy (non-hydrogen) atoms. The lowest BCUT2D eigenvalue weighted by atomic mass is 10.2. The molecule has 0 amide bonds. The summed E-state index contributed by atoms with van der Waals surface area (Å²) in [5.41, 5.74) is 0. The minimum Gasteiger partial charge on any atom is -0.374 e. The minimum atomic E-state index is -3.05. The number of hydrogen-bond donors (Lipinski definition) is 2. The molecule has 1 heterocycles. The highest BCUT2D eigenvalue weighted by Crippen LogP contribution is 2.17. The van der Waals surface area contributed by atoms with E-state index < -0.39 is 10.0 Å². The fourth-order valence-corrected chi connectivity index (χ4v) is 2.10. The van der Waals surface area contributed by atoms with Gasteiger partial charge in [-0.25, -0.2) is 13.1 Å². The summed E-state index contributed by atoms with van der Waals surface area (Å²) < 4.78 is 29.5. The summed E-state index contributed by atoms with van der Waals surface area (Å²) >= 11 is 0. The van der Waals surface area contributed by atoms with E-state index in [-0.39, 0.29) is 0 Å². The zero-order valence-electron chi connectivity index (χ0n) is 9.32. The first kappa shape index (κ1) is 12.9. The van der Waals surface area contributed by atoms with Gasteiger partial charge in [0.25, 0.3) is 0 Å². The second-order valence-corrected chi connectivity index (χ2v) is 5.85. The van der Waals surface area contributed by atoms with E-state index in [1.165, 1.54) is 0 Å². The van der Waals surface area contributed by atoms with Gasteiger partial charge < -0.3 is 10.1 Å². The van der Waals surface area contributed by atoms with Crippen LogP contribution in [0.25, 0.3) is 0 Å². The van der Waals surface area contributed by atoms with E-state index in [0.29, 0.717) is 25.3 Å². The van der Waals surface area contributed by atoms with E-state index in [1.807, 2.05) is 0 Å². The molecule has 0 saturated carbocycles. The van der Waals surface area contributed by atoms with E-state index in [1.54, 1.807) is 0 Å². The topological polar surface area (TPSA) is 67.4 Å². The van der Waals surface area contributed by atoms with Gasteiger partial charge in [0.15, 0.2) is 0 Å². The maximum Gasteiger partial charge on any atom is 0.208 e. The van der Waals surface area contributed by atoms with Gasteiger partial charge >= 0.3 is 0 Å². The Morgan fingerprint density at radius 2 is 2.07 bits per heavy atom. The Balaban J connectivity index is 1.98. The highest BCUT2D eigenvalue weighted by atomic mass is 32.2. The summed E-state index contributed by atoms with van der Waals surface area (Å²) in [6.07, 6.45) is 4.03. The van der Waals surface area contributed by atoms with Gasteiger partial charge in [0.05, 0.1) is 18.5 Å². The summed E-state index contributed by atoms with van der Waals surface area (Å²) in [6, 6.07) is 0. The molecule has 6 heteroatoms. The molecule has 2 unspecified atom stereocenters. The van der Waals surface area contributed by atoms with Crippen LogP contribution in [0.4, 0.5) is 0 Å². The average molecular weight is 236 g/mol. The molecule has 0 aromatic rings. The Hall–Kier alpha value is -0.170. The van der Waals surface area contributed by atoms with E-state index in [2.05, 4.69) is 17.0 Å². The summed E-state index contributed by atoms with van der Waals surface area (Å²) in [4.78, 5) is 0. The van der Waals surface area contributed by atoms with Crippen LogP contribution in [-0.4, -0.2) is 46.5 Å². The van der Waals surface area contributed by atoms with Gasteiger partial charge in [0.2, 0.25) is 10.0 Å². The fourth-order valence-electron chi connectivity index (χ4n) is 1.62. The third-order valence-corrected chi connectivity index (χ3v) is 3.09. The van der Waals surface area contributed by atoms with Gasteiger partial charge in [0, 0.05) is 19.6 Å². The molecule has 0 aliphatic carbocycles. The van der Waals surface area contributed by atoms with Gasteiger partial charge in [-0.15, -0.1) is 0 Å². The van der Waals surface area contributed by atoms with Crippen molar-refractivity contribution < 1.29 is 13.2 Å². The van der Waals surface area contributed by atoms with E-state index >= 15 is 0 Å². The van der Waals surface area contributed by atoms with Crippen molar-refractivity contribution >= 4 is 10.0 Å². The van der Waals surface area contributed by atoms with Gasteiger partial charge in [0.1, 0.15) is 0 Å². The smallest absolute Gasteiger partial charge is 0.208 e. The molecule has 1 saturated heterocycles. The highest BCUT2D eigenvalue weighted by molar-refractivity contribution is 7.88. The number of ether oxygens (including phenoxy) is 1. The van der Waals surface area contributed by atoms with Crippen LogP contribution in [0, 0.1) is 0 Å². The number of nitrogens with one attached hydrogen (secondary N) is 2. The summed E-state index contributed by atoms with van der Waals surface area (Å²) in [5, 5.41) is 3.17. The van der Waals surface area contributed by atoms with Crippen LogP contribution in [0.5, 0.6) is 0 Å². The lowest BCUT2D eigenvalue weighted by Crippen LogP contribution is -2.34. The third-order valence-electron chi connectivity index (χ3n) is 2.36. The minimum absolute atomic E-state index is 0.290. The molecular formula is C9H20N2O3S. The summed E-state index contributed by atoms with van der Waals surface area (Å²) in [5.74, 6) is 0. The molecular weight excluding hydrogens is 216 g/mol. The number of hydrogen-bond acceptors (Lipinski definition) is 4. The van der Waals surface area contributed by atoms with Crippen molar-refractivity contribution in [3.63, 3.8) is 0 Å². The normalized spacial score (nSPS) is 27.1. The van der Waals surface area contributed by atoms with Crippen LogP contribution in [0.15, 0.2) is 0 Å². The molecule has 90 valence electrons. The zero-order valence-corrected chi connectivity index (χ0v) is 10.1. The Bertz CT molecular complexity index is 279. The molecule has 1 aliphatic rings. The quantitative estimate of drug-likeness (QED) is 0.621. The van der Waals surface area contributed by atoms with Crippen LogP contribution in [0.3, 0.4) is 0 Å². The molecule has 5 nitrogen and oxygen atoms in total. The highest BCUT2D eigenvalue weighted by Gasteiger charge is 2.20. The molecule has 0 radical (unpaired) electrons. The van der Waals surface area contributed by atoms with Gasteiger partial charge in [-0.05, 0) is 19.8 Å². The predicted molar refractivity (Wildman–Crippen MR) is 59.3 cm³/mol. The van der Waals surface area contributed by atoms with E-state index in [9.17, 15) is 8.42 Å². The van der Waals surface area contributed by atoms with Crippen molar-refractivity contribution in [3.05, 3.63) is 0 Å². The first-order chi connectivity index (χ1) is 6.97. The molecule has 0 bridgehead atoms. The molecule has 0 spiro atoms. The maximum absolute atomic E-state index is 10.7. The second-order valence-electron chi connectivity index (χ2n) is 4.02. The van der Waals surface area contributed by atoms with Crippen LogP contribution < -0.4 is 10.0 Å². The van der Waals surface area contributed by atoms with Crippen molar-refractivity contribution in [3.8, 4) is 0 Å². The Kier molecular flexibility index (Phi) is 4.98. The van der Waals surface area contributed by atoms with Crippen molar-refractivity contribution in [1.29, 1.82) is 0 Å². The molecule has 0 aromatic carbocycles. The van der Waals surface area contributed by atoms with Crippen molar-refractivity contribution in [2.75, 3.05) is 25.9 Å². The van der Waals surface area contributed by atoms with E-state index in [4.69, 9.17) is 4.74 Å². The summed E-state index contributed by atoms with van der Waals surface area (Å²) in [6.45, 7) is 3.95. The number of rotatable bonds is 6. The van der Waals surface area contributed by atoms with Gasteiger partial charge in [-0.3, -0.25) is 0 Å². The lowest BCUT2D eigenvalue weighted by molar-refractivity contribution is 0.0563. The molecule has 1 fully saturated rings. The third kappa shape index (κ3) is 6.09. The van der Waals surface area contributed by atoms with Crippen molar-refractivity contribution in [1.82, 2.24) is 10.0 Å². The average Bonchev–Trinajstić information content (AvgIpc) is 2.49. The van der Waals surface area contributed by atoms with Gasteiger partial charge in [-0.1, -0.05) is 0 Å². The van der Waals surface area contributed by atoms with Crippen LogP contribution in [-0.2, 0) is 14.8 Å².